The number of hydrogen-bond donors (Lipinski definition) is 0. The molecule has 1 nitrogen and oxygen atoms in total. The molecule has 2 unspecified atom stereocenters. The number of aliphatic imine (C=N–C) groups is 1. The number of allylic oxidation sites excluding steroid dienone is 5. The summed E-state index contributed by atoms with van der Waals surface area (Å²) in [6.45, 7) is 6.39. The molecule has 4 rings (SSSR count). The van der Waals surface area contributed by atoms with Crippen molar-refractivity contribution in [1.29, 1.82) is 0 Å². The van der Waals surface area contributed by atoms with Crippen LogP contribution in [0.3, 0.4) is 0 Å². The third-order valence-corrected chi connectivity index (χ3v) is 5.15. The predicted molar refractivity (Wildman–Crippen MR) is 82.8 cm³/mol. The number of hydrogen-bond acceptors (Lipinski definition) is 1. The van der Waals surface area contributed by atoms with E-state index in [0.717, 1.165) is 16.8 Å². The molecule has 0 aromatic heterocycles. The van der Waals surface area contributed by atoms with Gasteiger partial charge in [0.15, 0.2) is 0 Å². The van der Waals surface area contributed by atoms with Crippen molar-refractivity contribution in [3.05, 3.63) is 70.7 Å². The second kappa shape index (κ2) is 5.11. The van der Waals surface area contributed by atoms with Gasteiger partial charge in [0.2, 0.25) is 0 Å². The van der Waals surface area contributed by atoms with Crippen molar-refractivity contribution in [2.45, 2.75) is 26.2 Å². The van der Waals surface area contributed by atoms with Crippen LogP contribution in [0.25, 0.3) is 0 Å². The summed E-state index contributed by atoms with van der Waals surface area (Å²) < 4.78 is 14.5. The maximum absolute atomic E-state index is 14.5. The molecule has 1 heterocycles. The largest absolute Gasteiger partial charge is 0.308 e. The van der Waals surface area contributed by atoms with Gasteiger partial charge in [-0.15, -0.1) is 23.8 Å². The minimum atomic E-state index is -0.269. The number of benzene rings is 1. The Morgan fingerprint density at radius 2 is 2.05 bits per heavy atom. The Balaban J connectivity index is 0.00000144. The van der Waals surface area contributed by atoms with E-state index in [9.17, 15) is 4.39 Å². The van der Waals surface area contributed by atoms with Crippen LogP contribution in [0.4, 0.5) is 4.39 Å². The molecule has 1 aromatic carbocycles. The minimum Gasteiger partial charge on any atom is -0.308 e. The van der Waals surface area contributed by atoms with E-state index in [-0.39, 0.29) is 43.2 Å². The maximum Gasteiger partial charge on any atom is 0.0456 e. The quantitative estimate of drug-likeness (QED) is 0.500. The summed E-state index contributed by atoms with van der Waals surface area (Å²) in [5, 5.41) is 0. The van der Waals surface area contributed by atoms with Gasteiger partial charge < -0.3 is 4.99 Å². The third-order valence-electron chi connectivity index (χ3n) is 5.15. The topological polar surface area (TPSA) is 12.4 Å². The summed E-state index contributed by atoms with van der Waals surface area (Å²) in [5.41, 5.74) is 4.89. The first-order valence-corrected chi connectivity index (χ1v) is 7.36. The van der Waals surface area contributed by atoms with E-state index in [4.69, 9.17) is 0 Å². The summed E-state index contributed by atoms with van der Waals surface area (Å²) in [6, 6.07) is 6.41. The molecule has 22 heavy (non-hydrogen) atoms. The fraction of sp³-hybridized carbons (Fsp3) is 0.316. The summed E-state index contributed by atoms with van der Waals surface area (Å²) in [6.07, 6.45) is 8.33. The SMILES string of the molecule is CC1=C2C=CN=C3c4[c-]ccc(F)c4C(C)(C)C(C=C1)C32.[Ir]. The average Bonchev–Trinajstić information content (AvgIpc) is 2.45. The molecule has 3 heteroatoms. The van der Waals surface area contributed by atoms with Crippen molar-refractivity contribution in [2.75, 3.05) is 0 Å². The Morgan fingerprint density at radius 1 is 1.27 bits per heavy atom. The molecule has 2 aliphatic carbocycles. The van der Waals surface area contributed by atoms with Gasteiger partial charge in [-0.25, -0.2) is 4.39 Å². The normalized spacial score (nSPS) is 26.8. The standard InChI is InChI=1S/C19H17FN.Ir/c1-11-7-8-14-16-12(11)9-10-21-18(16)13-5-4-6-15(20)17(13)19(14,2)3;/h4,6-10,14,16H,1-3H3;/q-1;. The van der Waals surface area contributed by atoms with E-state index in [1.54, 1.807) is 6.07 Å². The molecular weight excluding hydrogens is 453 g/mol. The van der Waals surface area contributed by atoms with Gasteiger partial charge in [0.05, 0.1) is 0 Å². The van der Waals surface area contributed by atoms with Crippen LogP contribution < -0.4 is 0 Å². The molecule has 0 saturated carbocycles. The number of halogens is 1. The van der Waals surface area contributed by atoms with Crippen molar-refractivity contribution in [3.63, 3.8) is 0 Å². The Labute approximate surface area is 144 Å². The van der Waals surface area contributed by atoms with Gasteiger partial charge in [0, 0.05) is 32.1 Å². The predicted octanol–water partition coefficient (Wildman–Crippen LogP) is 4.35. The molecular formula is C19H17FIrN-. The van der Waals surface area contributed by atoms with Crippen molar-refractivity contribution in [2.24, 2.45) is 16.8 Å². The Bertz CT molecular complexity index is 768. The second-order valence-corrected chi connectivity index (χ2v) is 6.63. The summed E-state index contributed by atoms with van der Waals surface area (Å²) in [4.78, 5) is 4.59. The molecule has 0 saturated heterocycles. The van der Waals surface area contributed by atoms with Gasteiger partial charge in [-0.3, -0.25) is 0 Å². The van der Waals surface area contributed by atoms with Crippen LogP contribution in [-0.2, 0) is 25.5 Å². The van der Waals surface area contributed by atoms with E-state index in [1.165, 1.54) is 17.2 Å². The summed E-state index contributed by atoms with van der Waals surface area (Å²) >= 11 is 0. The van der Waals surface area contributed by atoms with Crippen LogP contribution in [0, 0.1) is 23.7 Å². The van der Waals surface area contributed by atoms with Gasteiger partial charge in [0.1, 0.15) is 0 Å². The zero-order chi connectivity index (χ0) is 14.8. The summed E-state index contributed by atoms with van der Waals surface area (Å²) in [5.74, 6) is 0.309. The zero-order valence-corrected chi connectivity index (χ0v) is 15.2. The Hall–Kier alpha value is -1.31. The molecule has 2 atom stereocenters. The van der Waals surface area contributed by atoms with E-state index in [1.807, 2.05) is 6.20 Å². The van der Waals surface area contributed by atoms with E-state index >= 15 is 0 Å². The molecule has 1 aromatic rings. The second-order valence-electron chi connectivity index (χ2n) is 6.63. The van der Waals surface area contributed by atoms with Crippen LogP contribution in [0.1, 0.15) is 31.9 Å². The molecule has 0 amide bonds. The maximum atomic E-state index is 14.5. The smallest absolute Gasteiger partial charge is 0.0456 e. The van der Waals surface area contributed by atoms with Crippen LogP contribution in [0.15, 0.2) is 52.7 Å². The van der Waals surface area contributed by atoms with Gasteiger partial charge in [-0.2, -0.15) is 0 Å². The van der Waals surface area contributed by atoms with Gasteiger partial charge >= 0.3 is 0 Å². The molecule has 0 spiro atoms. The molecule has 0 fully saturated rings. The fourth-order valence-electron chi connectivity index (χ4n) is 4.07. The first-order chi connectivity index (χ1) is 10.0. The van der Waals surface area contributed by atoms with Gasteiger partial charge in [0.25, 0.3) is 0 Å². The van der Waals surface area contributed by atoms with Gasteiger partial charge in [-0.05, 0) is 47.1 Å². The zero-order valence-electron chi connectivity index (χ0n) is 12.8. The van der Waals surface area contributed by atoms with Crippen LogP contribution in [0.5, 0.6) is 0 Å². The molecule has 0 bridgehead atoms. The molecule has 115 valence electrons. The number of rotatable bonds is 0. The van der Waals surface area contributed by atoms with E-state index < -0.39 is 0 Å². The Kier molecular flexibility index (Phi) is 3.62. The first-order valence-electron chi connectivity index (χ1n) is 7.36. The third kappa shape index (κ3) is 1.89. The average molecular weight is 471 g/mol. The molecule has 3 aliphatic rings. The molecule has 1 radical (unpaired) electrons. The van der Waals surface area contributed by atoms with E-state index in [0.29, 0.717) is 0 Å². The monoisotopic (exact) mass is 471 g/mol. The van der Waals surface area contributed by atoms with Crippen LogP contribution in [-0.4, -0.2) is 5.71 Å². The van der Waals surface area contributed by atoms with Gasteiger partial charge in [-0.1, -0.05) is 31.6 Å². The van der Waals surface area contributed by atoms with Crippen LogP contribution in [0.2, 0.25) is 0 Å². The number of fused-ring (bicyclic) bond motifs is 2. The van der Waals surface area contributed by atoms with Crippen LogP contribution >= 0.6 is 0 Å². The first kappa shape index (κ1) is 15.6. The fourth-order valence-corrected chi connectivity index (χ4v) is 4.07. The van der Waals surface area contributed by atoms with Crippen molar-refractivity contribution in [1.82, 2.24) is 0 Å². The molecule has 0 N–H and O–H groups in total. The minimum absolute atomic E-state index is 0. The summed E-state index contributed by atoms with van der Waals surface area (Å²) in [7, 11) is 0. The van der Waals surface area contributed by atoms with E-state index in [2.05, 4.69) is 50.1 Å². The number of nitrogens with zero attached hydrogens (tertiary/aromatic N) is 1. The van der Waals surface area contributed by atoms with Crippen molar-refractivity contribution < 1.29 is 24.5 Å². The molecule has 1 aliphatic heterocycles. The van der Waals surface area contributed by atoms with Crippen molar-refractivity contribution >= 4 is 5.71 Å². The van der Waals surface area contributed by atoms with Crippen molar-refractivity contribution in [3.8, 4) is 0 Å². The Morgan fingerprint density at radius 3 is 2.82 bits per heavy atom.